The molecule has 0 spiro atoms. The van der Waals surface area contributed by atoms with Crippen LogP contribution in [-0.2, 0) is 0 Å². The molecule has 4 nitrogen and oxygen atoms in total. The van der Waals surface area contributed by atoms with Gasteiger partial charge in [0.25, 0.3) is 0 Å². The van der Waals surface area contributed by atoms with Gasteiger partial charge in [-0.15, -0.1) is 0 Å². The van der Waals surface area contributed by atoms with Crippen LogP contribution >= 0.6 is 11.8 Å². The predicted octanol–water partition coefficient (Wildman–Crippen LogP) is 3.41. The quantitative estimate of drug-likeness (QED) is 0.894. The summed E-state index contributed by atoms with van der Waals surface area (Å²) in [6.45, 7) is 4.87. The van der Waals surface area contributed by atoms with Gasteiger partial charge in [-0.1, -0.05) is 6.07 Å². The number of rotatable bonds is 4. The van der Waals surface area contributed by atoms with Gasteiger partial charge in [-0.25, -0.2) is 4.79 Å². The highest BCUT2D eigenvalue weighted by atomic mass is 32.2. The van der Waals surface area contributed by atoms with Gasteiger partial charge in [0.15, 0.2) is 0 Å². The zero-order chi connectivity index (χ0) is 14.6. The molecule has 2 rings (SSSR count). The molecule has 2 N–H and O–H groups in total. The topological polar surface area (TPSA) is 50.4 Å². The van der Waals surface area contributed by atoms with Crippen molar-refractivity contribution in [2.75, 3.05) is 24.7 Å². The third-order valence-corrected chi connectivity index (χ3v) is 5.15. The molecule has 5 heteroatoms. The summed E-state index contributed by atoms with van der Waals surface area (Å²) in [5.74, 6) is 1.93. The molecular formula is C15H22N2O2S. The van der Waals surface area contributed by atoms with Gasteiger partial charge in [0.1, 0.15) is 5.75 Å². The van der Waals surface area contributed by atoms with Gasteiger partial charge in [0.05, 0.1) is 7.11 Å². The first-order chi connectivity index (χ1) is 9.52. The smallest absolute Gasteiger partial charge is 0.319 e. The number of urea groups is 1. The summed E-state index contributed by atoms with van der Waals surface area (Å²) in [6, 6.07) is 5.49. The van der Waals surface area contributed by atoms with Gasteiger partial charge in [-0.3, -0.25) is 0 Å². The fraction of sp³-hybridized carbons (Fsp3) is 0.533. The second-order valence-electron chi connectivity index (χ2n) is 5.39. The molecule has 1 aliphatic heterocycles. The number of methoxy groups -OCH3 is 1. The molecule has 1 aromatic rings. The lowest BCUT2D eigenvalue weighted by Gasteiger charge is -2.23. The fourth-order valence-electron chi connectivity index (χ4n) is 2.27. The number of anilines is 1. The Labute approximate surface area is 124 Å². The summed E-state index contributed by atoms with van der Waals surface area (Å²) >= 11 is 1.94. The zero-order valence-electron chi connectivity index (χ0n) is 12.3. The molecule has 1 aromatic carbocycles. The first-order valence-electron chi connectivity index (χ1n) is 6.86. The standard InChI is InChI=1S/C15H22N2O2S/c1-11-5-6-12(19-3)9-13(11)17-14(18)16-10-15(2)7-4-8-20-15/h5-6,9H,4,7-8,10H2,1-3H3,(H2,16,17,18)/t15-/m0/s1. The second-order valence-corrected chi connectivity index (χ2v) is 7.07. The Morgan fingerprint density at radius 2 is 2.30 bits per heavy atom. The molecule has 1 atom stereocenters. The molecular weight excluding hydrogens is 272 g/mol. The van der Waals surface area contributed by atoms with E-state index in [0.29, 0.717) is 6.54 Å². The third-order valence-electron chi connectivity index (χ3n) is 3.62. The van der Waals surface area contributed by atoms with Gasteiger partial charge in [-0.2, -0.15) is 11.8 Å². The number of hydrogen-bond acceptors (Lipinski definition) is 3. The van der Waals surface area contributed by atoms with Crippen molar-refractivity contribution < 1.29 is 9.53 Å². The number of ether oxygens (including phenoxy) is 1. The molecule has 1 heterocycles. The number of hydrogen-bond donors (Lipinski definition) is 2. The highest BCUT2D eigenvalue weighted by Crippen LogP contribution is 2.36. The Morgan fingerprint density at radius 1 is 1.50 bits per heavy atom. The normalized spacial score (nSPS) is 21.6. The number of carbonyl (C=O) groups excluding carboxylic acids is 1. The van der Waals surface area contributed by atoms with Crippen molar-refractivity contribution in [3.8, 4) is 5.75 Å². The number of benzene rings is 1. The SMILES string of the molecule is COc1ccc(C)c(NC(=O)NC[C@]2(C)CCCS2)c1. The van der Waals surface area contributed by atoms with Crippen LogP contribution in [0.5, 0.6) is 5.75 Å². The lowest BCUT2D eigenvalue weighted by atomic mass is 10.1. The van der Waals surface area contributed by atoms with Crippen molar-refractivity contribution in [3.63, 3.8) is 0 Å². The third kappa shape index (κ3) is 3.82. The minimum atomic E-state index is -0.157. The molecule has 0 radical (unpaired) electrons. The van der Waals surface area contributed by atoms with E-state index < -0.39 is 0 Å². The summed E-state index contributed by atoms with van der Waals surface area (Å²) in [5.41, 5.74) is 1.80. The molecule has 2 amide bonds. The minimum Gasteiger partial charge on any atom is -0.497 e. The minimum absolute atomic E-state index is 0.157. The Hall–Kier alpha value is -1.36. The van der Waals surface area contributed by atoms with E-state index in [2.05, 4.69) is 17.6 Å². The second kappa shape index (κ2) is 6.39. The first kappa shape index (κ1) is 15.0. The largest absolute Gasteiger partial charge is 0.497 e. The van der Waals surface area contributed by atoms with Crippen molar-refractivity contribution in [3.05, 3.63) is 23.8 Å². The maximum atomic E-state index is 12.0. The van der Waals surface area contributed by atoms with Crippen LogP contribution in [0.4, 0.5) is 10.5 Å². The Balaban J connectivity index is 1.91. The molecule has 20 heavy (non-hydrogen) atoms. The maximum Gasteiger partial charge on any atom is 0.319 e. The van der Waals surface area contributed by atoms with E-state index in [9.17, 15) is 4.79 Å². The number of nitrogens with one attached hydrogen (secondary N) is 2. The number of amides is 2. The van der Waals surface area contributed by atoms with Crippen LogP contribution in [0.15, 0.2) is 18.2 Å². The molecule has 0 aliphatic carbocycles. The van der Waals surface area contributed by atoms with Gasteiger partial charge in [0, 0.05) is 23.0 Å². The van der Waals surface area contributed by atoms with Crippen LogP contribution in [0.1, 0.15) is 25.3 Å². The van der Waals surface area contributed by atoms with Crippen LogP contribution in [0.2, 0.25) is 0 Å². The molecule has 0 aromatic heterocycles. The van der Waals surface area contributed by atoms with E-state index in [1.807, 2.05) is 36.9 Å². The maximum absolute atomic E-state index is 12.0. The van der Waals surface area contributed by atoms with E-state index in [1.54, 1.807) is 7.11 Å². The molecule has 0 saturated carbocycles. The van der Waals surface area contributed by atoms with Crippen molar-refractivity contribution >= 4 is 23.5 Å². The number of carbonyl (C=O) groups is 1. The number of aryl methyl sites for hydroxylation is 1. The summed E-state index contributed by atoms with van der Waals surface area (Å²) in [5, 5.41) is 5.85. The van der Waals surface area contributed by atoms with E-state index >= 15 is 0 Å². The summed E-state index contributed by atoms with van der Waals surface area (Å²) < 4.78 is 5.35. The molecule has 1 fully saturated rings. The number of thioether (sulfide) groups is 1. The highest BCUT2D eigenvalue weighted by Gasteiger charge is 2.29. The fourth-order valence-corrected chi connectivity index (χ4v) is 3.52. The van der Waals surface area contributed by atoms with Crippen molar-refractivity contribution in [1.82, 2.24) is 5.32 Å². The summed E-state index contributed by atoms with van der Waals surface area (Å²) in [6.07, 6.45) is 2.40. The van der Waals surface area contributed by atoms with Crippen LogP contribution in [0.25, 0.3) is 0 Å². The summed E-state index contributed by atoms with van der Waals surface area (Å²) in [4.78, 5) is 12.0. The van der Waals surface area contributed by atoms with Crippen molar-refractivity contribution in [1.29, 1.82) is 0 Å². The van der Waals surface area contributed by atoms with Crippen LogP contribution in [0, 0.1) is 6.92 Å². The highest BCUT2D eigenvalue weighted by molar-refractivity contribution is 8.00. The zero-order valence-corrected chi connectivity index (χ0v) is 13.1. The van der Waals surface area contributed by atoms with Crippen molar-refractivity contribution in [2.24, 2.45) is 0 Å². The average molecular weight is 294 g/mol. The molecule has 0 bridgehead atoms. The van der Waals surface area contributed by atoms with E-state index in [1.165, 1.54) is 12.2 Å². The monoisotopic (exact) mass is 294 g/mol. The lowest BCUT2D eigenvalue weighted by molar-refractivity contribution is 0.251. The predicted molar refractivity (Wildman–Crippen MR) is 84.8 cm³/mol. The molecule has 110 valence electrons. The molecule has 1 aliphatic rings. The van der Waals surface area contributed by atoms with Gasteiger partial charge >= 0.3 is 6.03 Å². The Kier molecular flexibility index (Phi) is 4.81. The van der Waals surface area contributed by atoms with Gasteiger partial charge in [0.2, 0.25) is 0 Å². The summed E-state index contributed by atoms with van der Waals surface area (Å²) in [7, 11) is 1.62. The van der Waals surface area contributed by atoms with Crippen LogP contribution in [-0.4, -0.2) is 30.2 Å². The van der Waals surface area contributed by atoms with E-state index in [-0.39, 0.29) is 10.8 Å². The lowest BCUT2D eigenvalue weighted by Crippen LogP contribution is -2.39. The average Bonchev–Trinajstić information content (AvgIpc) is 2.86. The van der Waals surface area contributed by atoms with Gasteiger partial charge in [-0.05, 0) is 44.1 Å². The molecule has 0 unspecified atom stereocenters. The van der Waals surface area contributed by atoms with E-state index in [0.717, 1.165) is 23.4 Å². The van der Waals surface area contributed by atoms with Crippen LogP contribution < -0.4 is 15.4 Å². The Bertz CT molecular complexity index is 485. The van der Waals surface area contributed by atoms with Crippen LogP contribution in [0.3, 0.4) is 0 Å². The first-order valence-corrected chi connectivity index (χ1v) is 7.84. The van der Waals surface area contributed by atoms with E-state index in [4.69, 9.17) is 4.74 Å². The van der Waals surface area contributed by atoms with Gasteiger partial charge < -0.3 is 15.4 Å². The Morgan fingerprint density at radius 3 is 2.95 bits per heavy atom. The molecule has 1 saturated heterocycles. The van der Waals surface area contributed by atoms with Crippen molar-refractivity contribution in [2.45, 2.75) is 31.4 Å².